The first kappa shape index (κ1) is 24.4. The second kappa shape index (κ2) is 8.82. The number of halogens is 5. The molecule has 12 heteroatoms. The Hall–Kier alpha value is -3.70. The maximum absolute atomic E-state index is 14.3. The van der Waals surface area contributed by atoms with Crippen LogP contribution in [0.5, 0.6) is 0 Å². The number of piperidine rings is 1. The lowest BCUT2D eigenvalue weighted by Crippen LogP contribution is -2.42. The average Bonchev–Trinajstić information content (AvgIpc) is 2.79. The van der Waals surface area contributed by atoms with Gasteiger partial charge in [0.1, 0.15) is 0 Å². The van der Waals surface area contributed by atoms with Crippen LogP contribution in [-0.4, -0.2) is 45.8 Å². The maximum Gasteiger partial charge on any atom is 0.412 e. The van der Waals surface area contributed by atoms with Crippen molar-refractivity contribution in [2.45, 2.75) is 31.0 Å². The molecule has 7 nitrogen and oxygen atoms in total. The highest BCUT2D eigenvalue weighted by atomic mass is 19.4. The van der Waals surface area contributed by atoms with Crippen molar-refractivity contribution in [3.05, 3.63) is 63.9 Å². The fraction of sp³-hybridized carbons (Fsp3) is 0.348. The molecule has 1 aromatic heterocycles. The summed E-state index contributed by atoms with van der Waals surface area (Å²) in [5.74, 6) is -4.29. The minimum Gasteiger partial charge on any atom is -0.478 e. The van der Waals surface area contributed by atoms with Crippen LogP contribution in [0.25, 0.3) is 10.9 Å². The van der Waals surface area contributed by atoms with Gasteiger partial charge in [0.05, 0.1) is 16.5 Å². The zero-order valence-electron chi connectivity index (χ0n) is 18.4. The summed E-state index contributed by atoms with van der Waals surface area (Å²) in [6, 6.07) is 6.52. The number of carboxylic acids is 1. The lowest BCUT2D eigenvalue weighted by molar-refractivity contribution is -0.143. The van der Waals surface area contributed by atoms with E-state index in [0.717, 1.165) is 10.6 Å². The molecule has 0 radical (unpaired) electrons. The molecule has 35 heavy (non-hydrogen) atoms. The Morgan fingerprint density at radius 3 is 2.40 bits per heavy atom. The van der Waals surface area contributed by atoms with Gasteiger partial charge in [-0.3, -0.25) is 9.36 Å². The number of nitrogens with zero attached hydrogens (tertiary/aromatic N) is 3. The molecule has 2 heterocycles. The van der Waals surface area contributed by atoms with Crippen molar-refractivity contribution in [1.29, 1.82) is 0 Å². The summed E-state index contributed by atoms with van der Waals surface area (Å²) in [6.45, 7) is -0.234. The number of hydrogen-bond acceptors (Lipinski definition) is 5. The Morgan fingerprint density at radius 2 is 1.77 bits per heavy atom. The van der Waals surface area contributed by atoms with E-state index in [-0.39, 0.29) is 41.2 Å². The van der Waals surface area contributed by atoms with Crippen molar-refractivity contribution in [3.63, 3.8) is 0 Å². The molecule has 0 spiro atoms. The number of alkyl halides is 5. The number of aromatic carboxylic acids is 1. The Morgan fingerprint density at radius 1 is 1.11 bits per heavy atom. The van der Waals surface area contributed by atoms with Crippen LogP contribution >= 0.6 is 0 Å². The van der Waals surface area contributed by atoms with E-state index in [9.17, 15) is 36.6 Å². The van der Waals surface area contributed by atoms with Crippen LogP contribution in [0.2, 0.25) is 0 Å². The third-order valence-corrected chi connectivity index (χ3v) is 5.99. The molecule has 1 fully saturated rings. The minimum atomic E-state index is -4.89. The topological polar surface area (TPSA) is 87.5 Å². The minimum absolute atomic E-state index is 0.0164. The third kappa shape index (κ3) is 4.77. The van der Waals surface area contributed by atoms with Crippen molar-refractivity contribution in [1.82, 2.24) is 9.55 Å². The zero-order valence-corrected chi connectivity index (χ0v) is 18.4. The molecule has 1 aliphatic rings. The molecule has 0 amide bonds. The summed E-state index contributed by atoms with van der Waals surface area (Å²) in [7, 11) is 1.38. The molecule has 1 unspecified atom stereocenters. The van der Waals surface area contributed by atoms with E-state index in [0.29, 0.717) is 0 Å². The van der Waals surface area contributed by atoms with Gasteiger partial charge in [-0.2, -0.15) is 13.2 Å². The van der Waals surface area contributed by atoms with Crippen LogP contribution in [0.15, 0.2) is 47.3 Å². The quantitative estimate of drug-likeness (QED) is 0.503. The van der Waals surface area contributed by atoms with Crippen molar-refractivity contribution in [3.8, 4) is 0 Å². The normalized spacial score (nSPS) is 16.8. The molecular weight excluding hydrogens is 475 g/mol. The van der Waals surface area contributed by atoms with Crippen LogP contribution in [-0.2, 0) is 7.05 Å². The van der Waals surface area contributed by atoms with E-state index in [1.165, 1.54) is 48.3 Å². The first-order valence-electron chi connectivity index (χ1n) is 10.7. The molecule has 3 aromatic rings. The van der Waals surface area contributed by atoms with E-state index in [1.807, 2.05) is 0 Å². The first-order valence-corrected chi connectivity index (χ1v) is 10.7. The Kier molecular flexibility index (Phi) is 6.16. The van der Waals surface area contributed by atoms with Crippen LogP contribution in [0, 0.1) is 0 Å². The predicted octanol–water partition coefficient (Wildman–Crippen LogP) is 4.58. The number of benzene rings is 2. The second-order valence-electron chi connectivity index (χ2n) is 8.33. The maximum atomic E-state index is 14.3. The molecule has 186 valence electrons. The summed E-state index contributed by atoms with van der Waals surface area (Å²) in [6.07, 6.45) is -5.83. The number of nitrogens with one attached hydrogen (secondary N) is 1. The highest BCUT2D eigenvalue weighted by Gasteiger charge is 2.43. The fourth-order valence-electron chi connectivity index (χ4n) is 4.14. The third-order valence-electron chi connectivity index (χ3n) is 5.99. The molecule has 2 N–H and O–H groups in total. The van der Waals surface area contributed by atoms with Gasteiger partial charge in [0.2, 0.25) is 5.95 Å². The molecule has 4 rings (SSSR count). The van der Waals surface area contributed by atoms with Gasteiger partial charge in [-0.15, -0.1) is 0 Å². The summed E-state index contributed by atoms with van der Waals surface area (Å²) < 4.78 is 71.2. The van der Waals surface area contributed by atoms with Gasteiger partial charge in [-0.25, -0.2) is 18.6 Å². The average molecular weight is 496 g/mol. The van der Waals surface area contributed by atoms with Crippen LogP contribution in [0.1, 0.15) is 34.8 Å². The fourth-order valence-corrected chi connectivity index (χ4v) is 4.14. The first-order chi connectivity index (χ1) is 16.4. The predicted molar refractivity (Wildman–Crippen MR) is 119 cm³/mol. The van der Waals surface area contributed by atoms with Gasteiger partial charge < -0.3 is 15.3 Å². The molecule has 1 aliphatic heterocycles. The summed E-state index contributed by atoms with van der Waals surface area (Å²) in [5.41, 5.74) is -1.89. The van der Waals surface area contributed by atoms with E-state index in [4.69, 9.17) is 0 Å². The standard InChI is InChI=1S/C23H21F5N4O3/c1-31-19(33)15-7-4-6-14(17(15)30-21(31)32-11-9-22(24,25)10-12-32)18(23(26,27)28)29-16-8-3-2-5-13(16)20(34)35/h2-8,18,29H,9-12H2,1H3,(H,34,35). The van der Waals surface area contributed by atoms with Gasteiger partial charge in [0.15, 0.2) is 6.04 Å². The second-order valence-corrected chi connectivity index (χ2v) is 8.33. The number of hydrogen-bond donors (Lipinski definition) is 2. The Bertz CT molecular complexity index is 1330. The van der Waals surface area contributed by atoms with Gasteiger partial charge in [0.25, 0.3) is 11.5 Å². The largest absolute Gasteiger partial charge is 0.478 e. The summed E-state index contributed by atoms with van der Waals surface area (Å²) in [5, 5.41) is 11.5. The molecule has 0 aliphatic carbocycles. The SMILES string of the molecule is Cn1c(N2CCC(F)(F)CC2)nc2c(C(Nc3ccccc3C(=O)O)C(F)(F)F)cccc2c1=O. The molecule has 1 atom stereocenters. The highest BCUT2D eigenvalue weighted by Crippen LogP contribution is 2.39. The smallest absolute Gasteiger partial charge is 0.412 e. The number of anilines is 2. The molecule has 2 aromatic carbocycles. The molecule has 0 bridgehead atoms. The van der Waals surface area contributed by atoms with Crippen LogP contribution < -0.4 is 15.8 Å². The number of carbonyl (C=O) groups is 1. The van der Waals surface area contributed by atoms with Crippen LogP contribution in [0.4, 0.5) is 33.6 Å². The van der Waals surface area contributed by atoms with E-state index < -0.39 is 48.1 Å². The number of rotatable bonds is 5. The number of aromatic nitrogens is 2. The van der Waals surface area contributed by atoms with Crippen molar-refractivity contribution in [2.75, 3.05) is 23.3 Å². The molecule has 0 saturated carbocycles. The van der Waals surface area contributed by atoms with Gasteiger partial charge in [0, 0.05) is 44.2 Å². The monoisotopic (exact) mass is 496 g/mol. The van der Waals surface area contributed by atoms with E-state index in [2.05, 4.69) is 10.3 Å². The van der Waals surface area contributed by atoms with Gasteiger partial charge >= 0.3 is 12.1 Å². The van der Waals surface area contributed by atoms with Crippen LogP contribution in [0.3, 0.4) is 0 Å². The van der Waals surface area contributed by atoms with E-state index >= 15 is 0 Å². The summed E-state index contributed by atoms with van der Waals surface area (Å²) in [4.78, 5) is 30.3. The number of para-hydroxylation sites is 2. The van der Waals surface area contributed by atoms with Crippen molar-refractivity contribution >= 4 is 28.5 Å². The zero-order chi connectivity index (χ0) is 25.5. The molecule has 1 saturated heterocycles. The van der Waals surface area contributed by atoms with E-state index in [1.54, 1.807) is 0 Å². The highest BCUT2D eigenvalue weighted by molar-refractivity contribution is 5.94. The summed E-state index contributed by atoms with van der Waals surface area (Å²) >= 11 is 0. The number of carboxylic acid groups (broad SMARTS) is 1. The lowest BCUT2D eigenvalue weighted by Gasteiger charge is -2.33. The van der Waals surface area contributed by atoms with Gasteiger partial charge in [-0.05, 0) is 18.2 Å². The van der Waals surface area contributed by atoms with Gasteiger partial charge in [-0.1, -0.05) is 24.3 Å². The van der Waals surface area contributed by atoms with Crippen molar-refractivity contribution in [2.24, 2.45) is 7.05 Å². The lowest BCUT2D eigenvalue weighted by atomic mass is 10.0. The molecular formula is C23H21F5N4O3. The number of fused-ring (bicyclic) bond motifs is 1. The Labute approximate surface area is 195 Å². The Balaban J connectivity index is 1.86. The van der Waals surface area contributed by atoms with Crippen molar-refractivity contribution < 1.29 is 31.9 Å².